The summed E-state index contributed by atoms with van der Waals surface area (Å²) in [6, 6.07) is 104. The number of pyridine rings is 2. The van der Waals surface area contributed by atoms with Crippen molar-refractivity contribution in [2.45, 2.75) is 0 Å². The molecule has 8 aromatic heterocycles. The maximum absolute atomic E-state index is 6.12. The number of hydrogen-bond donors (Lipinski definition) is 1. The van der Waals surface area contributed by atoms with Gasteiger partial charge in [-0.15, -0.1) is 0 Å². The van der Waals surface area contributed by atoms with E-state index in [0.29, 0.717) is 11.6 Å². The van der Waals surface area contributed by atoms with Gasteiger partial charge in [0, 0.05) is 71.0 Å². The standard InChI is InChI=1S/C80H49N9/c1-4-22-49(23-5-1)64-48-65(50-24-6-2-7-25-50)84-79(83-64)61-47-74(85-80(89-69-38-20-13-31-56(69)57-32-14-21-39-70(57)89)78(61)88-67-36-18-11-29-54(67)55-30-12-19-37-68(55)88)87-66-35-17-15-33-58(66)60-46-51(40-43-71(60)87)62-42-45-73-77(81-62)75-72(86(73)52-26-8-3-9-27-52)44-41-59-53-28-10-16-34-63(53)82-76(59)75/h1-48,82H. The van der Waals surface area contributed by atoms with E-state index in [1.165, 1.54) is 10.8 Å². The molecule has 0 saturated heterocycles. The summed E-state index contributed by atoms with van der Waals surface area (Å²) in [6.45, 7) is 0. The Kier molecular flexibility index (Phi) is 10.6. The SMILES string of the molecule is c1ccc(-c2cc(-c3ccccc3)nc(-c3cc(-n4c5ccccc5c5cc(-c6ccc7c(n6)c6c8[nH]c9ccccc9c8ccc6n7-c6ccccc6)ccc54)nc(-n4c5ccccc5c5ccccc54)c3-n3c4ccccc4c4ccccc43)n2)cc1. The van der Waals surface area contributed by atoms with Gasteiger partial charge in [0.15, 0.2) is 11.6 Å². The number of fused-ring (bicyclic) bond motifs is 16. The lowest BCUT2D eigenvalue weighted by Crippen LogP contribution is -2.12. The van der Waals surface area contributed by atoms with Gasteiger partial charge in [0.2, 0.25) is 0 Å². The van der Waals surface area contributed by atoms with Gasteiger partial charge in [-0.3, -0.25) is 9.13 Å². The molecule has 0 fully saturated rings. The zero-order valence-corrected chi connectivity index (χ0v) is 47.8. The van der Waals surface area contributed by atoms with Crippen molar-refractivity contribution in [1.29, 1.82) is 0 Å². The van der Waals surface area contributed by atoms with Gasteiger partial charge in [-0.2, -0.15) is 0 Å². The topological polar surface area (TPSA) is 87.1 Å². The molecule has 0 spiro atoms. The van der Waals surface area contributed by atoms with Crippen molar-refractivity contribution in [3.63, 3.8) is 0 Å². The first kappa shape index (κ1) is 49.1. The summed E-state index contributed by atoms with van der Waals surface area (Å²) in [5.41, 5.74) is 19.6. The van der Waals surface area contributed by atoms with Crippen molar-refractivity contribution in [3.05, 3.63) is 291 Å². The van der Waals surface area contributed by atoms with Crippen molar-refractivity contribution in [3.8, 4) is 68.2 Å². The first-order valence-electron chi connectivity index (χ1n) is 30.1. The van der Waals surface area contributed by atoms with Gasteiger partial charge >= 0.3 is 0 Å². The van der Waals surface area contributed by atoms with Crippen LogP contribution in [0.5, 0.6) is 0 Å². The first-order valence-corrected chi connectivity index (χ1v) is 30.1. The van der Waals surface area contributed by atoms with Crippen LogP contribution in [0.1, 0.15) is 0 Å². The molecule has 19 aromatic rings. The highest BCUT2D eigenvalue weighted by Gasteiger charge is 2.29. The minimum Gasteiger partial charge on any atom is -0.354 e. The summed E-state index contributed by atoms with van der Waals surface area (Å²) in [7, 11) is 0. The quantitative estimate of drug-likeness (QED) is 0.164. The summed E-state index contributed by atoms with van der Waals surface area (Å²) in [5, 5.41) is 10.2. The summed E-state index contributed by atoms with van der Waals surface area (Å²) in [5.74, 6) is 2.01. The van der Waals surface area contributed by atoms with Crippen molar-refractivity contribution >= 4 is 109 Å². The number of nitrogens with zero attached hydrogens (tertiary/aromatic N) is 8. The molecule has 89 heavy (non-hydrogen) atoms. The second-order valence-corrected chi connectivity index (χ2v) is 23.0. The van der Waals surface area contributed by atoms with Crippen LogP contribution in [0.3, 0.4) is 0 Å². The Balaban J connectivity index is 0.915. The van der Waals surface area contributed by atoms with E-state index in [2.05, 4.69) is 314 Å². The smallest absolute Gasteiger partial charge is 0.165 e. The summed E-state index contributed by atoms with van der Waals surface area (Å²) in [6.07, 6.45) is 0. The van der Waals surface area contributed by atoms with Crippen molar-refractivity contribution in [2.75, 3.05) is 0 Å². The number of aromatic nitrogens is 9. The zero-order valence-electron chi connectivity index (χ0n) is 47.8. The van der Waals surface area contributed by atoms with Crippen LogP contribution in [0.2, 0.25) is 0 Å². The molecule has 0 radical (unpaired) electrons. The van der Waals surface area contributed by atoms with Crippen LogP contribution in [0.4, 0.5) is 0 Å². The lowest BCUT2D eigenvalue weighted by atomic mass is 10.1. The fourth-order valence-electron chi connectivity index (χ4n) is 14.2. The van der Waals surface area contributed by atoms with E-state index in [1.807, 2.05) is 0 Å². The molecule has 0 unspecified atom stereocenters. The number of benzene rings is 11. The number of hydrogen-bond acceptors (Lipinski definition) is 4. The van der Waals surface area contributed by atoms with Crippen molar-refractivity contribution in [2.24, 2.45) is 0 Å². The monoisotopic (exact) mass is 1140 g/mol. The second-order valence-electron chi connectivity index (χ2n) is 23.0. The number of nitrogens with one attached hydrogen (secondary N) is 1. The molecule has 8 heterocycles. The van der Waals surface area contributed by atoms with Crippen LogP contribution in [0.25, 0.3) is 177 Å². The van der Waals surface area contributed by atoms with Crippen LogP contribution in [0.15, 0.2) is 291 Å². The maximum Gasteiger partial charge on any atom is 0.165 e. The van der Waals surface area contributed by atoms with E-state index in [-0.39, 0.29) is 0 Å². The van der Waals surface area contributed by atoms with Gasteiger partial charge in [0.25, 0.3) is 0 Å². The van der Waals surface area contributed by atoms with Crippen LogP contribution >= 0.6 is 0 Å². The number of aromatic amines is 1. The molecule has 0 amide bonds. The Hall–Kier alpha value is -12.2. The molecule has 0 bridgehead atoms. The summed E-state index contributed by atoms with van der Waals surface area (Å²) in [4.78, 5) is 27.0. The van der Waals surface area contributed by atoms with Crippen LogP contribution in [-0.4, -0.2) is 43.2 Å². The molecule has 0 aliphatic heterocycles. The van der Waals surface area contributed by atoms with Gasteiger partial charge in [-0.05, 0) is 91.0 Å². The summed E-state index contributed by atoms with van der Waals surface area (Å²) < 4.78 is 9.44. The fourth-order valence-corrected chi connectivity index (χ4v) is 14.2. The van der Waals surface area contributed by atoms with Gasteiger partial charge in [0.05, 0.1) is 83.2 Å². The van der Waals surface area contributed by atoms with Crippen LogP contribution in [-0.2, 0) is 0 Å². The Bertz CT molecular complexity index is 5940. The molecule has 11 aromatic carbocycles. The van der Waals surface area contributed by atoms with Gasteiger partial charge in [0.1, 0.15) is 11.5 Å². The average Bonchev–Trinajstić information content (AvgIpc) is 1.64. The minimum atomic E-state index is 0.565. The highest BCUT2D eigenvalue weighted by Crippen LogP contribution is 2.45. The fraction of sp³-hybridized carbons (Fsp3) is 0. The van der Waals surface area contributed by atoms with E-state index in [4.69, 9.17) is 19.9 Å². The molecule has 0 atom stereocenters. The molecule has 414 valence electrons. The molecule has 1 N–H and O–H groups in total. The third kappa shape index (κ3) is 7.36. The highest BCUT2D eigenvalue weighted by atomic mass is 15.2. The predicted molar refractivity (Wildman–Crippen MR) is 366 cm³/mol. The third-order valence-corrected chi connectivity index (χ3v) is 18.1. The molecule has 0 aliphatic rings. The highest BCUT2D eigenvalue weighted by molar-refractivity contribution is 6.24. The second kappa shape index (κ2) is 19.2. The molecule has 0 saturated carbocycles. The largest absolute Gasteiger partial charge is 0.354 e. The first-order chi connectivity index (χ1) is 44.2. The molecule has 9 heteroatoms. The van der Waals surface area contributed by atoms with E-state index in [9.17, 15) is 0 Å². The molecule has 0 aliphatic carbocycles. The number of H-pyrrole nitrogens is 1. The molecule has 19 rings (SSSR count). The normalized spacial score (nSPS) is 12.0. The minimum absolute atomic E-state index is 0.565. The Labute approximate surface area is 508 Å². The van der Waals surface area contributed by atoms with Crippen molar-refractivity contribution in [1.82, 2.24) is 43.2 Å². The average molecular weight is 1140 g/mol. The Morgan fingerprint density at radius 1 is 0.281 bits per heavy atom. The Morgan fingerprint density at radius 2 is 0.764 bits per heavy atom. The van der Waals surface area contributed by atoms with Crippen LogP contribution < -0.4 is 0 Å². The predicted octanol–water partition coefficient (Wildman–Crippen LogP) is 20.0. The zero-order chi connectivity index (χ0) is 58.3. The van der Waals surface area contributed by atoms with Crippen LogP contribution in [0, 0.1) is 0 Å². The lowest BCUT2D eigenvalue weighted by Gasteiger charge is -2.22. The van der Waals surface area contributed by atoms with Gasteiger partial charge < -0.3 is 14.1 Å². The number of rotatable bonds is 8. The Morgan fingerprint density at radius 3 is 1.37 bits per heavy atom. The molecule has 9 nitrogen and oxygen atoms in total. The molecular weight excluding hydrogens is 1090 g/mol. The summed E-state index contributed by atoms with van der Waals surface area (Å²) >= 11 is 0. The van der Waals surface area contributed by atoms with E-state index >= 15 is 0 Å². The third-order valence-electron chi connectivity index (χ3n) is 18.1. The van der Waals surface area contributed by atoms with E-state index in [1.54, 1.807) is 0 Å². The maximum atomic E-state index is 6.12. The lowest BCUT2D eigenvalue weighted by molar-refractivity contribution is 0.980. The number of para-hydroxylation sites is 7. The van der Waals surface area contributed by atoms with E-state index < -0.39 is 0 Å². The molecular formula is C80H49N9. The van der Waals surface area contributed by atoms with E-state index in [0.717, 1.165) is 155 Å². The van der Waals surface area contributed by atoms with Crippen molar-refractivity contribution < 1.29 is 0 Å². The van der Waals surface area contributed by atoms with Gasteiger partial charge in [-0.25, -0.2) is 19.9 Å². The van der Waals surface area contributed by atoms with Gasteiger partial charge in [-0.1, -0.05) is 200 Å².